The molecule has 196 valence electrons. The smallest absolute Gasteiger partial charge is 0.336 e. The highest BCUT2D eigenvalue weighted by Gasteiger charge is 2.22. The van der Waals surface area contributed by atoms with Crippen LogP contribution in [0, 0.1) is 6.92 Å². The summed E-state index contributed by atoms with van der Waals surface area (Å²) in [6, 6.07) is 20.9. The van der Waals surface area contributed by atoms with Gasteiger partial charge < -0.3 is 19.6 Å². The molecule has 0 aliphatic carbocycles. The maximum Gasteiger partial charge on any atom is 0.336 e. The Hall–Kier alpha value is -4.31. The molecule has 1 aliphatic rings. The lowest BCUT2D eigenvalue weighted by Crippen LogP contribution is -2.46. The van der Waals surface area contributed by atoms with Crippen molar-refractivity contribution in [1.82, 2.24) is 4.98 Å². The summed E-state index contributed by atoms with van der Waals surface area (Å²) in [7, 11) is -2.20. The van der Waals surface area contributed by atoms with E-state index in [0.29, 0.717) is 35.4 Å². The number of sulfonamides is 1. The van der Waals surface area contributed by atoms with Crippen LogP contribution in [0.25, 0.3) is 10.9 Å². The summed E-state index contributed by atoms with van der Waals surface area (Å²) in [6.45, 7) is 4.59. The second-order valence-electron chi connectivity index (χ2n) is 9.11. The average molecular weight is 533 g/mol. The first kappa shape index (κ1) is 25.3. The van der Waals surface area contributed by atoms with E-state index in [1.54, 1.807) is 50.4 Å². The molecule has 2 N–H and O–H groups in total. The fourth-order valence-electron chi connectivity index (χ4n) is 4.67. The molecular formula is C28H28N4O5S. The summed E-state index contributed by atoms with van der Waals surface area (Å²) in [4.78, 5) is 21.4. The lowest BCUT2D eigenvalue weighted by Gasteiger charge is -2.37. The van der Waals surface area contributed by atoms with Gasteiger partial charge in [-0.2, -0.15) is 0 Å². The highest BCUT2D eigenvalue weighted by molar-refractivity contribution is 7.92. The number of rotatable bonds is 7. The molecule has 38 heavy (non-hydrogen) atoms. The molecule has 0 amide bonds. The molecular weight excluding hydrogens is 504 g/mol. The van der Waals surface area contributed by atoms with E-state index in [9.17, 15) is 18.3 Å². The Morgan fingerprint density at radius 3 is 2.29 bits per heavy atom. The van der Waals surface area contributed by atoms with Crippen molar-refractivity contribution in [3.63, 3.8) is 0 Å². The van der Waals surface area contributed by atoms with E-state index in [2.05, 4.69) is 14.5 Å². The van der Waals surface area contributed by atoms with Gasteiger partial charge in [0.15, 0.2) is 0 Å². The first-order valence-electron chi connectivity index (χ1n) is 12.2. The Bertz CT molecular complexity index is 1600. The predicted octanol–water partition coefficient (Wildman–Crippen LogP) is 4.38. The van der Waals surface area contributed by atoms with Gasteiger partial charge in [-0.15, -0.1) is 0 Å². The zero-order chi connectivity index (χ0) is 26.9. The minimum Gasteiger partial charge on any atom is -0.497 e. The molecule has 2 heterocycles. The number of aromatic carboxylic acids is 1. The summed E-state index contributed by atoms with van der Waals surface area (Å²) in [5.41, 5.74) is 2.54. The minimum absolute atomic E-state index is 0.0690. The number of pyridine rings is 1. The number of aromatic nitrogens is 1. The van der Waals surface area contributed by atoms with Gasteiger partial charge in [-0.05, 0) is 67.1 Å². The molecule has 5 rings (SSSR count). The molecule has 0 saturated carbocycles. The maximum atomic E-state index is 12.9. The lowest BCUT2D eigenvalue weighted by molar-refractivity contribution is 0.0699. The summed E-state index contributed by atoms with van der Waals surface area (Å²) in [6.07, 6.45) is 0. The van der Waals surface area contributed by atoms with Gasteiger partial charge in [0, 0.05) is 42.9 Å². The number of nitrogens with zero attached hydrogens (tertiary/aromatic N) is 3. The van der Waals surface area contributed by atoms with Crippen LogP contribution in [-0.4, -0.2) is 57.8 Å². The Labute approximate surface area is 221 Å². The van der Waals surface area contributed by atoms with Gasteiger partial charge in [-0.3, -0.25) is 4.72 Å². The van der Waals surface area contributed by atoms with E-state index >= 15 is 0 Å². The highest BCUT2D eigenvalue weighted by Crippen LogP contribution is 2.29. The monoisotopic (exact) mass is 532 g/mol. The lowest BCUT2D eigenvalue weighted by atomic mass is 10.1. The molecule has 1 fully saturated rings. The van der Waals surface area contributed by atoms with E-state index in [-0.39, 0.29) is 16.1 Å². The zero-order valence-electron chi connectivity index (χ0n) is 21.1. The van der Waals surface area contributed by atoms with E-state index < -0.39 is 16.0 Å². The fourth-order valence-corrected chi connectivity index (χ4v) is 5.97. The summed E-state index contributed by atoms with van der Waals surface area (Å²) >= 11 is 0. The number of aryl methyl sites for hydroxylation is 1. The number of ether oxygens (including phenoxy) is 1. The Kier molecular flexibility index (Phi) is 6.81. The van der Waals surface area contributed by atoms with Gasteiger partial charge in [0.05, 0.1) is 23.1 Å². The van der Waals surface area contributed by atoms with Crippen molar-refractivity contribution in [1.29, 1.82) is 0 Å². The number of anilines is 3. The molecule has 3 aromatic carbocycles. The standard InChI is InChI=1S/C28H28N4O5S/c1-19-5-3-4-6-26(19)38(35,36)30-20-7-12-25-23(17-20)24(28(33)34)18-27(29-25)32-15-13-31(14-16-32)21-8-10-22(37-2)11-9-21/h3-12,17-18,30H,13-16H2,1-2H3,(H,33,34). The van der Waals surface area contributed by atoms with E-state index in [4.69, 9.17) is 9.72 Å². The third-order valence-electron chi connectivity index (χ3n) is 6.70. The van der Waals surface area contributed by atoms with Gasteiger partial charge in [0.1, 0.15) is 11.6 Å². The van der Waals surface area contributed by atoms with Crippen LogP contribution in [-0.2, 0) is 10.0 Å². The second-order valence-corrected chi connectivity index (χ2v) is 10.8. The summed E-state index contributed by atoms with van der Waals surface area (Å²) in [5.74, 6) is 0.284. The van der Waals surface area contributed by atoms with Crippen LogP contribution < -0.4 is 19.3 Å². The number of piperazine rings is 1. The number of carboxylic acid groups (broad SMARTS) is 1. The minimum atomic E-state index is -3.84. The number of methoxy groups -OCH3 is 1. The number of nitrogens with one attached hydrogen (secondary N) is 1. The molecule has 0 bridgehead atoms. The first-order chi connectivity index (χ1) is 18.2. The van der Waals surface area contributed by atoms with Crippen molar-refractivity contribution < 1.29 is 23.1 Å². The van der Waals surface area contributed by atoms with Crippen LogP contribution in [0.3, 0.4) is 0 Å². The van der Waals surface area contributed by atoms with E-state index in [1.165, 1.54) is 12.1 Å². The van der Waals surface area contributed by atoms with Gasteiger partial charge in [0.2, 0.25) is 0 Å². The SMILES string of the molecule is COc1ccc(N2CCN(c3cc(C(=O)O)c4cc(NS(=O)(=O)c5ccccc5C)ccc4n3)CC2)cc1. The molecule has 10 heteroatoms. The van der Waals surface area contributed by atoms with Crippen molar-refractivity contribution in [2.45, 2.75) is 11.8 Å². The molecule has 0 spiro atoms. The van der Waals surface area contributed by atoms with Crippen LogP contribution >= 0.6 is 0 Å². The van der Waals surface area contributed by atoms with E-state index in [1.807, 2.05) is 24.3 Å². The van der Waals surface area contributed by atoms with Gasteiger partial charge in [-0.25, -0.2) is 18.2 Å². The quantitative estimate of drug-likeness (QED) is 0.361. The molecule has 1 aromatic heterocycles. The third kappa shape index (κ3) is 5.08. The van der Waals surface area contributed by atoms with Crippen LogP contribution in [0.5, 0.6) is 5.75 Å². The molecule has 9 nitrogen and oxygen atoms in total. The Morgan fingerprint density at radius 1 is 0.947 bits per heavy atom. The molecule has 1 aliphatic heterocycles. The van der Waals surface area contributed by atoms with Crippen molar-refractivity contribution in [3.05, 3.63) is 83.9 Å². The average Bonchev–Trinajstić information content (AvgIpc) is 2.92. The topological polar surface area (TPSA) is 112 Å². The number of fused-ring (bicyclic) bond motifs is 1. The Morgan fingerprint density at radius 2 is 1.63 bits per heavy atom. The highest BCUT2D eigenvalue weighted by atomic mass is 32.2. The number of benzene rings is 3. The molecule has 0 unspecified atom stereocenters. The van der Waals surface area contributed by atoms with Gasteiger partial charge in [0.25, 0.3) is 10.0 Å². The van der Waals surface area contributed by atoms with Crippen molar-refractivity contribution in [2.75, 3.05) is 47.8 Å². The van der Waals surface area contributed by atoms with Crippen molar-refractivity contribution >= 4 is 44.1 Å². The maximum absolute atomic E-state index is 12.9. The second kappa shape index (κ2) is 10.2. The molecule has 4 aromatic rings. The number of carboxylic acids is 1. The fraction of sp³-hybridized carbons (Fsp3) is 0.214. The van der Waals surface area contributed by atoms with Gasteiger partial charge in [-0.1, -0.05) is 18.2 Å². The first-order valence-corrected chi connectivity index (χ1v) is 13.6. The predicted molar refractivity (Wildman–Crippen MR) is 148 cm³/mol. The number of hydrogen-bond donors (Lipinski definition) is 2. The van der Waals surface area contributed by atoms with Crippen molar-refractivity contribution in [2.24, 2.45) is 0 Å². The molecule has 0 radical (unpaired) electrons. The molecule has 1 saturated heterocycles. The third-order valence-corrected chi connectivity index (χ3v) is 8.24. The van der Waals surface area contributed by atoms with Crippen LogP contribution in [0.1, 0.15) is 15.9 Å². The zero-order valence-corrected chi connectivity index (χ0v) is 21.9. The normalized spacial score (nSPS) is 13.9. The van der Waals surface area contributed by atoms with Crippen molar-refractivity contribution in [3.8, 4) is 5.75 Å². The summed E-state index contributed by atoms with van der Waals surface area (Å²) < 4.78 is 33.7. The summed E-state index contributed by atoms with van der Waals surface area (Å²) in [5, 5.41) is 10.3. The number of hydrogen-bond acceptors (Lipinski definition) is 7. The van der Waals surface area contributed by atoms with Crippen LogP contribution in [0.15, 0.2) is 77.7 Å². The Balaban J connectivity index is 1.39. The largest absolute Gasteiger partial charge is 0.497 e. The number of carbonyl (C=O) groups is 1. The molecule has 0 atom stereocenters. The van der Waals surface area contributed by atoms with Crippen LogP contribution in [0.2, 0.25) is 0 Å². The van der Waals surface area contributed by atoms with Gasteiger partial charge >= 0.3 is 5.97 Å². The van der Waals surface area contributed by atoms with E-state index in [0.717, 1.165) is 24.5 Å². The van der Waals surface area contributed by atoms with Crippen LogP contribution in [0.4, 0.5) is 17.2 Å².